The minimum Gasteiger partial charge on any atom is -0.497 e. The summed E-state index contributed by atoms with van der Waals surface area (Å²) in [5.74, 6) is 0.917. The minimum atomic E-state index is 0.277. The van der Waals surface area contributed by atoms with Gasteiger partial charge in [-0.05, 0) is 63.4 Å². The summed E-state index contributed by atoms with van der Waals surface area (Å²) in [6.45, 7) is 7.59. The maximum Gasteiger partial charge on any atom is 0.118 e. The molecule has 1 N–H and O–H groups in total. The van der Waals surface area contributed by atoms with Gasteiger partial charge in [0.1, 0.15) is 5.75 Å². The standard InChI is InChI=1S/C20H32N2O2/c1-17(18-6-8-19(23-2)9-7-18)21-16-20(10-14-24-15-11-20)22-12-4-3-5-13-22/h6-9,17,21H,3-5,10-16H2,1-2H3/t17-/m1/s1. The van der Waals surface area contributed by atoms with Gasteiger partial charge >= 0.3 is 0 Å². The molecule has 1 aromatic rings. The average Bonchev–Trinajstić information content (AvgIpc) is 2.67. The van der Waals surface area contributed by atoms with Crippen LogP contribution in [0.3, 0.4) is 0 Å². The molecule has 0 unspecified atom stereocenters. The SMILES string of the molecule is COc1ccc([C@@H](C)NCC2(N3CCCCC3)CCOCC2)cc1. The van der Waals surface area contributed by atoms with Crippen molar-refractivity contribution in [3.63, 3.8) is 0 Å². The Morgan fingerprint density at radius 2 is 1.79 bits per heavy atom. The van der Waals surface area contributed by atoms with Gasteiger partial charge in [0.15, 0.2) is 0 Å². The van der Waals surface area contributed by atoms with Crippen LogP contribution in [0.25, 0.3) is 0 Å². The number of nitrogens with zero attached hydrogens (tertiary/aromatic N) is 1. The van der Waals surface area contributed by atoms with Crippen molar-refractivity contribution in [2.75, 3.05) is 40.0 Å². The summed E-state index contributed by atoms with van der Waals surface area (Å²) in [5.41, 5.74) is 1.59. The molecule has 2 fully saturated rings. The van der Waals surface area contributed by atoms with Gasteiger partial charge in [-0.2, -0.15) is 0 Å². The molecule has 3 rings (SSSR count). The summed E-state index contributed by atoms with van der Waals surface area (Å²) in [7, 11) is 1.71. The lowest BCUT2D eigenvalue weighted by Gasteiger charge is -2.48. The molecule has 1 atom stereocenters. The fraction of sp³-hybridized carbons (Fsp3) is 0.700. The molecular formula is C20H32N2O2. The lowest BCUT2D eigenvalue weighted by molar-refractivity contribution is -0.0366. The highest BCUT2D eigenvalue weighted by Crippen LogP contribution is 2.31. The fourth-order valence-corrected chi connectivity index (χ4v) is 4.08. The normalized spacial score (nSPS) is 22.9. The zero-order valence-corrected chi connectivity index (χ0v) is 15.2. The highest BCUT2D eigenvalue weighted by atomic mass is 16.5. The second kappa shape index (κ2) is 8.32. The van der Waals surface area contributed by atoms with E-state index in [-0.39, 0.29) is 5.54 Å². The van der Waals surface area contributed by atoms with Gasteiger partial charge in [0.25, 0.3) is 0 Å². The molecule has 4 heteroatoms. The van der Waals surface area contributed by atoms with Crippen LogP contribution in [-0.2, 0) is 4.74 Å². The zero-order valence-electron chi connectivity index (χ0n) is 15.2. The van der Waals surface area contributed by atoms with E-state index in [1.807, 2.05) is 12.1 Å². The van der Waals surface area contributed by atoms with E-state index in [1.54, 1.807) is 7.11 Å². The van der Waals surface area contributed by atoms with Crippen LogP contribution in [0.2, 0.25) is 0 Å². The van der Waals surface area contributed by atoms with E-state index in [0.717, 1.165) is 38.3 Å². The first-order valence-corrected chi connectivity index (χ1v) is 9.44. The third-order valence-electron chi connectivity index (χ3n) is 5.80. The van der Waals surface area contributed by atoms with Crippen molar-refractivity contribution in [2.24, 2.45) is 0 Å². The Labute approximate surface area is 146 Å². The Kier molecular flexibility index (Phi) is 6.14. The Morgan fingerprint density at radius 3 is 2.42 bits per heavy atom. The van der Waals surface area contributed by atoms with Crippen LogP contribution in [0.1, 0.15) is 50.6 Å². The maximum absolute atomic E-state index is 5.66. The van der Waals surface area contributed by atoms with Gasteiger partial charge < -0.3 is 14.8 Å². The van der Waals surface area contributed by atoms with Crippen LogP contribution in [-0.4, -0.2) is 50.4 Å². The van der Waals surface area contributed by atoms with E-state index >= 15 is 0 Å². The second-order valence-corrected chi connectivity index (χ2v) is 7.26. The van der Waals surface area contributed by atoms with Crippen molar-refractivity contribution in [3.05, 3.63) is 29.8 Å². The van der Waals surface area contributed by atoms with E-state index < -0.39 is 0 Å². The van der Waals surface area contributed by atoms with Gasteiger partial charge in [-0.15, -0.1) is 0 Å². The van der Waals surface area contributed by atoms with Crippen LogP contribution in [0.5, 0.6) is 5.75 Å². The largest absolute Gasteiger partial charge is 0.497 e. The maximum atomic E-state index is 5.66. The van der Waals surface area contributed by atoms with Crippen LogP contribution < -0.4 is 10.1 Å². The van der Waals surface area contributed by atoms with Gasteiger partial charge in [-0.1, -0.05) is 18.6 Å². The first-order valence-electron chi connectivity index (χ1n) is 9.44. The summed E-state index contributed by atoms with van der Waals surface area (Å²) in [5, 5.41) is 3.81. The molecule has 4 nitrogen and oxygen atoms in total. The Bertz CT molecular complexity index is 491. The lowest BCUT2D eigenvalue weighted by Crippen LogP contribution is -2.59. The molecule has 2 aliphatic rings. The molecule has 0 saturated carbocycles. The average molecular weight is 332 g/mol. The van der Waals surface area contributed by atoms with E-state index in [2.05, 4.69) is 29.3 Å². The summed E-state index contributed by atoms with van der Waals surface area (Å²) in [6, 6.07) is 8.76. The number of nitrogens with one attached hydrogen (secondary N) is 1. The summed E-state index contributed by atoms with van der Waals surface area (Å²) in [6.07, 6.45) is 6.37. The van der Waals surface area contributed by atoms with Gasteiger partial charge in [0.2, 0.25) is 0 Å². The number of hydrogen-bond acceptors (Lipinski definition) is 4. The number of methoxy groups -OCH3 is 1. The second-order valence-electron chi connectivity index (χ2n) is 7.26. The van der Waals surface area contributed by atoms with Crippen molar-refractivity contribution < 1.29 is 9.47 Å². The molecule has 1 aromatic carbocycles. The van der Waals surface area contributed by atoms with E-state index in [0.29, 0.717) is 6.04 Å². The minimum absolute atomic E-state index is 0.277. The number of rotatable bonds is 6. The molecule has 0 aromatic heterocycles. The van der Waals surface area contributed by atoms with Crippen LogP contribution in [0.15, 0.2) is 24.3 Å². The van der Waals surface area contributed by atoms with Crippen molar-refractivity contribution in [2.45, 2.75) is 50.6 Å². The summed E-state index contributed by atoms with van der Waals surface area (Å²) >= 11 is 0. The van der Waals surface area contributed by atoms with Crippen molar-refractivity contribution in [3.8, 4) is 5.75 Å². The molecule has 0 bridgehead atoms. The number of ether oxygens (including phenoxy) is 2. The molecule has 2 aliphatic heterocycles. The molecule has 0 aliphatic carbocycles. The topological polar surface area (TPSA) is 33.7 Å². The van der Waals surface area contributed by atoms with Crippen molar-refractivity contribution in [1.29, 1.82) is 0 Å². The smallest absolute Gasteiger partial charge is 0.118 e. The Hall–Kier alpha value is -1.10. The number of benzene rings is 1. The third-order valence-corrected chi connectivity index (χ3v) is 5.80. The quantitative estimate of drug-likeness (QED) is 0.866. The summed E-state index contributed by atoms with van der Waals surface area (Å²) in [4.78, 5) is 2.74. The number of hydrogen-bond donors (Lipinski definition) is 1. The Balaban J connectivity index is 1.63. The van der Waals surface area contributed by atoms with Gasteiger partial charge in [-0.25, -0.2) is 0 Å². The predicted molar refractivity (Wildman–Crippen MR) is 97.6 cm³/mol. The van der Waals surface area contributed by atoms with Gasteiger partial charge in [-0.3, -0.25) is 4.90 Å². The van der Waals surface area contributed by atoms with Crippen LogP contribution in [0, 0.1) is 0 Å². The van der Waals surface area contributed by atoms with E-state index in [1.165, 1.54) is 37.9 Å². The van der Waals surface area contributed by atoms with E-state index in [4.69, 9.17) is 9.47 Å². The zero-order chi connectivity index (χ0) is 16.8. The number of piperidine rings is 1. The molecule has 0 amide bonds. The fourth-order valence-electron chi connectivity index (χ4n) is 4.08. The first-order chi connectivity index (χ1) is 11.7. The van der Waals surface area contributed by atoms with Crippen LogP contribution in [0.4, 0.5) is 0 Å². The van der Waals surface area contributed by atoms with E-state index in [9.17, 15) is 0 Å². The third kappa shape index (κ3) is 4.11. The highest BCUT2D eigenvalue weighted by Gasteiger charge is 2.38. The molecule has 2 heterocycles. The molecule has 24 heavy (non-hydrogen) atoms. The molecule has 0 spiro atoms. The molecule has 0 radical (unpaired) electrons. The van der Waals surface area contributed by atoms with Crippen molar-refractivity contribution in [1.82, 2.24) is 10.2 Å². The molecular weight excluding hydrogens is 300 g/mol. The molecule has 134 valence electrons. The monoisotopic (exact) mass is 332 g/mol. The predicted octanol–water partition coefficient (Wildman–Crippen LogP) is 3.38. The van der Waals surface area contributed by atoms with Gasteiger partial charge in [0.05, 0.1) is 7.11 Å². The van der Waals surface area contributed by atoms with Crippen molar-refractivity contribution >= 4 is 0 Å². The first kappa shape index (κ1) is 17.7. The highest BCUT2D eigenvalue weighted by molar-refractivity contribution is 5.28. The lowest BCUT2D eigenvalue weighted by atomic mass is 9.85. The molecule has 2 saturated heterocycles. The van der Waals surface area contributed by atoms with Gasteiger partial charge in [0, 0.05) is 31.3 Å². The number of likely N-dealkylation sites (tertiary alicyclic amines) is 1. The summed E-state index contributed by atoms with van der Waals surface area (Å²) < 4.78 is 10.9. The van der Waals surface area contributed by atoms with Crippen LogP contribution >= 0.6 is 0 Å². The Morgan fingerprint density at radius 1 is 1.12 bits per heavy atom.